The normalized spacial score (nSPS) is 11.1. The first-order valence-corrected chi connectivity index (χ1v) is 5.30. The van der Waals surface area contributed by atoms with Gasteiger partial charge in [0.25, 0.3) is 0 Å². The number of esters is 1. The lowest BCUT2D eigenvalue weighted by molar-refractivity contribution is -0.135. The Morgan fingerprint density at radius 1 is 1.21 bits per heavy atom. The number of Topliss-reactive ketones (excluding diaryl/α,β-unsaturated/α-hetero) is 1. The van der Waals surface area contributed by atoms with E-state index >= 15 is 0 Å². The topological polar surface area (TPSA) is 52.6 Å². The molecule has 0 saturated carbocycles. The van der Waals surface area contributed by atoms with Crippen molar-refractivity contribution in [3.63, 3.8) is 0 Å². The Morgan fingerprint density at radius 3 is 2.32 bits per heavy atom. The summed E-state index contributed by atoms with van der Waals surface area (Å²) >= 11 is 5.64. The van der Waals surface area contributed by atoms with Crippen LogP contribution < -0.4 is 0 Å². The number of ether oxygens (including phenoxy) is 2. The summed E-state index contributed by atoms with van der Waals surface area (Å²) in [5.74, 6) is -4.36. The molecule has 0 N–H and O–H groups in total. The lowest BCUT2D eigenvalue weighted by Gasteiger charge is -2.07. The molecule has 1 aromatic carbocycles. The van der Waals surface area contributed by atoms with Crippen LogP contribution in [0.3, 0.4) is 0 Å². The lowest BCUT2D eigenvalue weighted by Crippen LogP contribution is -2.16. The Morgan fingerprint density at radius 2 is 1.79 bits per heavy atom. The number of carbonyl (C=O) groups is 2. The molecular weight excluding hydrogens is 282 g/mol. The minimum Gasteiger partial charge on any atom is -0.503 e. The third kappa shape index (κ3) is 3.29. The van der Waals surface area contributed by atoms with Gasteiger partial charge in [0.2, 0.25) is 5.78 Å². The molecule has 1 aromatic rings. The summed E-state index contributed by atoms with van der Waals surface area (Å²) in [6.07, 6.45) is 0.839. The first kappa shape index (κ1) is 15.1. The van der Waals surface area contributed by atoms with Gasteiger partial charge in [-0.1, -0.05) is 11.6 Å². The second kappa shape index (κ2) is 6.29. The zero-order valence-electron chi connectivity index (χ0n) is 10.00. The van der Waals surface area contributed by atoms with Crippen molar-refractivity contribution in [2.75, 3.05) is 14.2 Å². The van der Waals surface area contributed by atoms with E-state index in [1.54, 1.807) is 0 Å². The predicted molar refractivity (Wildman–Crippen MR) is 62.8 cm³/mol. The smallest absolute Gasteiger partial charge is 0.345 e. The lowest BCUT2D eigenvalue weighted by atomic mass is 10.0. The van der Waals surface area contributed by atoms with Crippen molar-refractivity contribution in [1.82, 2.24) is 0 Å². The number of hydrogen-bond acceptors (Lipinski definition) is 4. The predicted octanol–water partition coefficient (Wildman–Crippen LogP) is 2.50. The van der Waals surface area contributed by atoms with Gasteiger partial charge in [-0.05, 0) is 12.1 Å². The van der Waals surface area contributed by atoms with Crippen molar-refractivity contribution >= 4 is 23.4 Å². The summed E-state index contributed by atoms with van der Waals surface area (Å²) in [5.41, 5.74) is -0.854. The highest BCUT2D eigenvalue weighted by Crippen LogP contribution is 2.23. The van der Waals surface area contributed by atoms with Crippen LogP contribution in [0.25, 0.3) is 0 Å². The maximum Gasteiger partial charge on any atom is 0.345 e. The van der Waals surface area contributed by atoms with Gasteiger partial charge in [0.05, 0.1) is 19.2 Å². The third-order valence-electron chi connectivity index (χ3n) is 2.14. The summed E-state index contributed by atoms with van der Waals surface area (Å²) in [5, 5.41) is -0.324. The molecule has 0 bridgehead atoms. The van der Waals surface area contributed by atoms with Gasteiger partial charge >= 0.3 is 5.97 Å². The zero-order valence-corrected chi connectivity index (χ0v) is 10.8. The van der Waals surface area contributed by atoms with Gasteiger partial charge < -0.3 is 9.47 Å². The van der Waals surface area contributed by atoms with E-state index in [1.165, 1.54) is 7.11 Å². The van der Waals surface area contributed by atoms with Crippen molar-refractivity contribution in [2.45, 2.75) is 0 Å². The zero-order chi connectivity index (χ0) is 14.6. The SMILES string of the molecule is COC=C(C(=O)OC)C(=O)c1cc(F)c(F)cc1Cl. The van der Waals surface area contributed by atoms with E-state index in [0.29, 0.717) is 12.1 Å². The Balaban J connectivity index is 3.29. The van der Waals surface area contributed by atoms with E-state index < -0.39 is 29.0 Å². The molecule has 0 unspecified atom stereocenters. The summed E-state index contributed by atoms with van der Waals surface area (Å²) in [6.45, 7) is 0. The Kier molecular flexibility index (Phi) is 5.00. The minimum atomic E-state index is -1.26. The van der Waals surface area contributed by atoms with Gasteiger partial charge in [0.15, 0.2) is 11.6 Å². The molecule has 0 atom stereocenters. The highest BCUT2D eigenvalue weighted by atomic mass is 35.5. The van der Waals surface area contributed by atoms with Crippen LogP contribution in [0.5, 0.6) is 0 Å². The van der Waals surface area contributed by atoms with Crippen molar-refractivity contribution in [1.29, 1.82) is 0 Å². The monoisotopic (exact) mass is 290 g/mol. The van der Waals surface area contributed by atoms with Gasteiger partial charge in [-0.15, -0.1) is 0 Å². The van der Waals surface area contributed by atoms with Gasteiger partial charge in [0.1, 0.15) is 11.8 Å². The number of methoxy groups -OCH3 is 2. The molecule has 0 radical (unpaired) electrons. The van der Waals surface area contributed by atoms with Crippen molar-refractivity contribution in [3.8, 4) is 0 Å². The molecule has 0 aromatic heterocycles. The molecule has 102 valence electrons. The van der Waals surface area contributed by atoms with Gasteiger partial charge in [-0.2, -0.15) is 0 Å². The molecule has 0 heterocycles. The highest BCUT2D eigenvalue weighted by Gasteiger charge is 2.24. The summed E-state index contributed by atoms with van der Waals surface area (Å²) in [4.78, 5) is 23.4. The summed E-state index contributed by atoms with van der Waals surface area (Å²) in [6, 6.07) is 1.25. The number of carbonyl (C=O) groups excluding carboxylic acids is 2. The van der Waals surface area contributed by atoms with Crippen LogP contribution in [0.1, 0.15) is 10.4 Å². The number of rotatable bonds is 4. The molecule has 0 spiro atoms. The maximum atomic E-state index is 13.1. The van der Waals surface area contributed by atoms with E-state index in [2.05, 4.69) is 9.47 Å². The van der Waals surface area contributed by atoms with Crippen LogP contribution in [-0.2, 0) is 14.3 Å². The molecule has 0 aliphatic carbocycles. The van der Waals surface area contributed by atoms with E-state index in [4.69, 9.17) is 11.6 Å². The molecule has 0 aliphatic rings. The highest BCUT2D eigenvalue weighted by molar-refractivity contribution is 6.36. The molecule has 7 heteroatoms. The summed E-state index contributed by atoms with van der Waals surface area (Å²) in [7, 11) is 2.27. The molecule has 4 nitrogen and oxygen atoms in total. The van der Waals surface area contributed by atoms with Crippen LogP contribution in [0.15, 0.2) is 24.0 Å². The van der Waals surface area contributed by atoms with Gasteiger partial charge in [0, 0.05) is 5.56 Å². The number of ketones is 1. The molecular formula is C12H9ClF2O4. The van der Waals surface area contributed by atoms with E-state index in [-0.39, 0.29) is 10.6 Å². The Bertz CT molecular complexity index is 555. The quantitative estimate of drug-likeness (QED) is 0.163. The van der Waals surface area contributed by atoms with Crippen LogP contribution >= 0.6 is 11.6 Å². The number of hydrogen-bond donors (Lipinski definition) is 0. The summed E-state index contributed by atoms with van der Waals surface area (Å²) < 4.78 is 34.9. The second-order valence-electron chi connectivity index (χ2n) is 3.33. The van der Waals surface area contributed by atoms with Crippen molar-refractivity contribution in [3.05, 3.63) is 46.2 Å². The standard InChI is InChI=1S/C12H9ClF2O4/c1-18-5-7(12(17)19-2)11(16)6-3-9(14)10(15)4-8(6)13/h3-5H,1-2H3. The van der Waals surface area contributed by atoms with E-state index in [1.807, 2.05) is 0 Å². The van der Waals surface area contributed by atoms with Gasteiger partial charge in [-0.25, -0.2) is 13.6 Å². The van der Waals surface area contributed by atoms with Crippen molar-refractivity contribution in [2.24, 2.45) is 0 Å². The van der Waals surface area contributed by atoms with E-state index in [9.17, 15) is 18.4 Å². The fourth-order valence-corrected chi connectivity index (χ4v) is 1.50. The van der Waals surface area contributed by atoms with Crippen LogP contribution in [0.4, 0.5) is 8.78 Å². The van der Waals surface area contributed by atoms with Crippen LogP contribution in [-0.4, -0.2) is 26.0 Å². The molecule has 1 rings (SSSR count). The largest absolute Gasteiger partial charge is 0.503 e. The molecule has 19 heavy (non-hydrogen) atoms. The van der Waals surface area contributed by atoms with Crippen molar-refractivity contribution < 1.29 is 27.8 Å². The first-order valence-electron chi connectivity index (χ1n) is 4.92. The molecule has 0 aliphatic heterocycles. The van der Waals surface area contributed by atoms with Gasteiger partial charge in [-0.3, -0.25) is 4.79 Å². The molecule has 0 saturated heterocycles. The first-order chi connectivity index (χ1) is 8.92. The van der Waals surface area contributed by atoms with E-state index in [0.717, 1.165) is 13.4 Å². The minimum absolute atomic E-state index is 0.324. The third-order valence-corrected chi connectivity index (χ3v) is 2.45. The second-order valence-corrected chi connectivity index (χ2v) is 3.74. The van der Waals surface area contributed by atoms with Crippen LogP contribution in [0, 0.1) is 11.6 Å². The number of halogens is 3. The average molecular weight is 291 g/mol. The fourth-order valence-electron chi connectivity index (χ4n) is 1.26. The fraction of sp³-hybridized carbons (Fsp3) is 0.167. The molecule has 0 fully saturated rings. The maximum absolute atomic E-state index is 13.1. The Hall–Kier alpha value is -1.95. The number of benzene rings is 1. The van der Waals surface area contributed by atoms with Crippen LogP contribution in [0.2, 0.25) is 5.02 Å². The molecule has 0 amide bonds. The Labute approximate surface area is 112 Å². The average Bonchev–Trinajstić information content (AvgIpc) is 2.38.